The van der Waals surface area contributed by atoms with E-state index in [-0.39, 0.29) is 11.9 Å². The van der Waals surface area contributed by atoms with Crippen LogP contribution in [0.1, 0.15) is 25.7 Å². The van der Waals surface area contributed by atoms with E-state index in [2.05, 4.69) is 0 Å². The van der Waals surface area contributed by atoms with Gasteiger partial charge in [-0.1, -0.05) is 0 Å². The van der Waals surface area contributed by atoms with E-state index in [0.29, 0.717) is 19.6 Å². The van der Waals surface area contributed by atoms with Crippen LogP contribution in [0.3, 0.4) is 0 Å². The molecule has 0 radical (unpaired) electrons. The zero-order chi connectivity index (χ0) is 15.1. The molecule has 5 nitrogen and oxygen atoms in total. The molecule has 5 heteroatoms. The second kappa shape index (κ2) is 7.88. The molecule has 21 heavy (non-hydrogen) atoms. The van der Waals surface area contributed by atoms with Crippen LogP contribution in [0.15, 0.2) is 24.3 Å². The Kier molecular flexibility index (Phi) is 5.87. The third kappa shape index (κ3) is 4.36. The highest BCUT2D eigenvalue weighted by Crippen LogP contribution is 2.19. The van der Waals surface area contributed by atoms with Gasteiger partial charge in [0.1, 0.15) is 11.5 Å². The van der Waals surface area contributed by atoms with Gasteiger partial charge in [0.05, 0.1) is 13.7 Å². The SMILES string of the molecule is COc1ccc(OCCCC(=O)N2CCCC2CN)cc1. The average Bonchev–Trinajstić information content (AvgIpc) is 3.00. The molecule has 0 aliphatic carbocycles. The van der Waals surface area contributed by atoms with Crippen LogP contribution < -0.4 is 15.2 Å². The monoisotopic (exact) mass is 292 g/mol. The minimum absolute atomic E-state index is 0.196. The highest BCUT2D eigenvalue weighted by atomic mass is 16.5. The standard InChI is InChI=1S/C16H24N2O3/c1-20-14-6-8-15(9-7-14)21-11-3-5-16(19)18-10-2-4-13(18)12-17/h6-9,13H,2-5,10-12,17H2,1H3. The number of amides is 1. The lowest BCUT2D eigenvalue weighted by Gasteiger charge is -2.23. The number of hydrogen-bond acceptors (Lipinski definition) is 4. The number of hydrogen-bond donors (Lipinski definition) is 1. The Morgan fingerprint density at radius 2 is 2.05 bits per heavy atom. The number of benzene rings is 1. The van der Waals surface area contributed by atoms with Crippen molar-refractivity contribution in [3.05, 3.63) is 24.3 Å². The molecule has 0 aromatic heterocycles. The van der Waals surface area contributed by atoms with E-state index >= 15 is 0 Å². The molecule has 1 aromatic rings. The van der Waals surface area contributed by atoms with E-state index in [1.54, 1.807) is 7.11 Å². The van der Waals surface area contributed by atoms with Gasteiger partial charge in [0.15, 0.2) is 0 Å². The van der Waals surface area contributed by atoms with Crippen molar-refractivity contribution in [1.29, 1.82) is 0 Å². The first-order valence-corrected chi connectivity index (χ1v) is 7.51. The van der Waals surface area contributed by atoms with Crippen LogP contribution in [0, 0.1) is 0 Å². The molecule has 0 spiro atoms. The minimum Gasteiger partial charge on any atom is -0.497 e. The molecule has 1 saturated heterocycles. The molecule has 1 atom stereocenters. The molecule has 1 fully saturated rings. The van der Waals surface area contributed by atoms with Crippen molar-refractivity contribution in [2.75, 3.05) is 26.8 Å². The quantitative estimate of drug-likeness (QED) is 0.778. The fourth-order valence-electron chi connectivity index (χ4n) is 2.64. The molecule has 2 rings (SSSR count). The highest BCUT2D eigenvalue weighted by molar-refractivity contribution is 5.76. The molecule has 1 aromatic carbocycles. The van der Waals surface area contributed by atoms with E-state index in [1.807, 2.05) is 29.2 Å². The second-order valence-electron chi connectivity index (χ2n) is 5.25. The summed E-state index contributed by atoms with van der Waals surface area (Å²) in [5, 5.41) is 0. The highest BCUT2D eigenvalue weighted by Gasteiger charge is 2.26. The summed E-state index contributed by atoms with van der Waals surface area (Å²) < 4.78 is 10.7. The van der Waals surface area contributed by atoms with Crippen LogP contribution in [-0.4, -0.2) is 43.7 Å². The van der Waals surface area contributed by atoms with E-state index < -0.39 is 0 Å². The lowest BCUT2D eigenvalue weighted by molar-refractivity contribution is -0.132. The lowest BCUT2D eigenvalue weighted by atomic mass is 10.2. The van der Waals surface area contributed by atoms with E-state index in [4.69, 9.17) is 15.2 Å². The molecule has 1 amide bonds. The minimum atomic E-state index is 0.196. The summed E-state index contributed by atoms with van der Waals surface area (Å²) in [5.41, 5.74) is 5.69. The molecule has 1 heterocycles. The molecule has 1 aliphatic heterocycles. The Labute approximate surface area is 126 Å². The topological polar surface area (TPSA) is 64.8 Å². The third-order valence-electron chi connectivity index (χ3n) is 3.83. The van der Waals surface area contributed by atoms with Crippen molar-refractivity contribution in [2.45, 2.75) is 31.7 Å². The van der Waals surface area contributed by atoms with E-state index in [9.17, 15) is 4.79 Å². The van der Waals surface area contributed by atoms with Crippen LogP contribution in [-0.2, 0) is 4.79 Å². The first-order valence-electron chi connectivity index (χ1n) is 7.51. The maximum Gasteiger partial charge on any atom is 0.222 e. The first-order chi connectivity index (χ1) is 10.2. The summed E-state index contributed by atoms with van der Waals surface area (Å²) in [6.07, 6.45) is 3.34. The molecular formula is C16H24N2O3. The number of nitrogens with zero attached hydrogens (tertiary/aromatic N) is 1. The van der Waals surface area contributed by atoms with Gasteiger partial charge in [0, 0.05) is 25.6 Å². The van der Waals surface area contributed by atoms with Crippen LogP contribution in [0.5, 0.6) is 11.5 Å². The zero-order valence-electron chi connectivity index (χ0n) is 12.6. The number of likely N-dealkylation sites (tertiary alicyclic amines) is 1. The summed E-state index contributed by atoms with van der Waals surface area (Å²) in [5.74, 6) is 1.80. The van der Waals surface area contributed by atoms with Gasteiger partial charge in [-0.2, -0.15) is 0 Å². The van der Waals surface area contributed by atoms with Gasteiger partial charge in [0.25, 0.3) is 0 Å². The number of carbonyl (C=O) groups excluding carboxylic acids is 1. The maximum atomic E-state index is 12.1. The Morgan fingerprint density at radius 1 is 1.33 bits per heavy atom. The van der Waals surface area contributed by atoms with Crippen molar-refractivity contribution in [3.63, 3.8) is 0 Å². The number of carbonyl (C=O) groups is 1. The van der Waals surface area contributed by atoms with Crippen molar-refractivity contribution in [2.24, 2.45) is 5.73 Å². The molecule has 1 unspecified atom stereocenters. The number of ether oxygens (including phenoxy) is 2. The van der Waals surface area contributed by atoms with Gasteiger partial charge < -0.3 is 20.1 Å². The summed E-state index contributed by atoms with van der Waals surface area (Å²) in [7, 11) is 1.63. The smallest absolute Gasteiger partial charge is 0.222 e. The molecule has 1 aliphatic rings. The van der Waals surface area contributed by atoms with Crippen molar-refractivity contribution < 1.29 is 14.3 Å². The maximum absolute atomic E-state index is 12.1. The van der Waals surface area contributed by atoms with Crippen LogP contribution in [0.2, 0.25) is 0 Å². The second-order valence-corrected chi connectivity index (χ2v) is 5.25. The largest absolute Gasteiger partial charge is 0.497 e. The van der Waals surface area contributed by atoms with Gasteiger partial charge in [0.2, 0.25) is 5.91 Å². The van der Waals surface area contributed by atoms with Crippen LogP contribution in [0.4, 0.5) is 0 Å². The van der Waals surface area contributed by atoms with Gasteiger partial charge in [-0.15, -0.1) is 0 Å². The molecular weight excluding hydrogens is 268 g/mol. The fourth-order valence-corrected chi connectivity index (χ4v) is 2.64. The van der Waals surface area contributed by atoms with Gasteiger partial charge in [-0.3, -0.25) is 4.79 Å². The van der Waals surface area contributed by atoms with Gasteiger partial charge in [-0.25, -0.2) is 0 Å². The Balaban J connectivity index is 1.68. The molecule has 2 N–H and O–H groups in total. The van der Waals surface area contributed by atoms with Crippen molar-refractivity contribution >= 4 is 5.91 Å². The average molecular weight is 292 g/mol. The predicted octanol–water partition coefficient (Wildman–Crippen LogP) is 1.80. The summed E-state index contributed by atoms with van der Waals surface area (Å²) in [6, 6.07) is 7.68. The zero-order valence-corrected chi connectivity index (χ0v) is 12.6. The van der Waals surface area contributed by atoms with E-state index in [0.717, 1.165) is 37.3 Å². The van der Waals surface area contributed by atoms with Crippen LogP contribution >= 0.6 is 0 Å². The predicted molar refractivity (Wildman–Crippen MR) is 81.5 cm³/mol. The number of nitrogens with two attached hydrogens (primary N) is 1. The summed E-state index contributed by atoms with van der Waals surface area (Å²) in [4.78, 5) is 14.0. The molecule has 0 bridgehead atoms. The van der Waals surface area contributed by atoms with Crippen LogP contribution in [0.25, 0.3) is 0 Å². The fraction of sp³-hybridized carbons (Fsp3) is 0.562. The number of methoxy groups -OCH3 is 1. The lowest BCUT2D eigenvalue weighted by Crippen LogP contribution is -2.39. The summed E-state index contributed by atoms with van der Waals surface area (Å²) >= 11 is 0. The Morgan fingerprint density at radius 3 is 2.71 bits per heavy atom. The van der Waals surface area contributed by atoms with Crippen molar-refractivity contribution in [1.82, 2.24) is 4.90 Å². The summed E-state index contributed by atoms with van der Waals surface area (Å²) in [6.45, 7) is 1.95. The van der Waals surface area contributed by atoms with E-state index in [1.165, 1.54) is 0 Å². The number of rotatable bonds is 7. The van der Waals surface area contributed by atoms with Gasteiger partial charge in [-0.05, 0) is 43.5 Å². The third-order valence-corrected chi connectivity index (χ3v) is 3.83. The molecule has 0 saturated carbocycles. The Hall–Kier alpha value is -1.75. The molecule has 116 valence electrons. The Bertz CT molecular complexity index is 447. The van der Waals surface area contributed by atoms with Crippen molar-refractivity contribution in [3.8, 4) is 11.5 Å². The normalized spacial score (nSPS) is 17.8. The van der Waals surface area contributed by atoms with Gasteiger partial charge >= 0.3 is 0 Å². The first kappa shape index (κ1) is 15.6.